The zero-order valence-electron chi connectivity index (χ0n) is 10.1. The van der Waals surface area contributed by atoms with E-state index in [2.05, 4.69) is 43.4 Å². The molecule has 1 aromatic carbocycles. The molecule has 0 unspecified atom stereocenters. The topological polar surface area (TPSA) is 32.3 Å². The number of benzene rings is 1. The number of aliphatic hydroxyl groups is 1. The van der Waals surface area contributed by atoms with Crippen molar-refractivity contribution in [2.45, 2.75) is 25.7 Å². The van der Waals surface area contributed by atoms with E-state index in [9.17, 15) is 5.11 Å². The summed E-state index contributed by atoms with van der Waals surface area (Å²) in [5.41, 5.74) is 2.74. The highest BCUT2D eigenvalue weighted by Gasteiger charge is 2.27. The van der Waals surface area contributed by atoms with E-state index in [1.807, 2.05) is 0 Å². The van der Waals surface area contributed by atoms with Crippen LogP contribution in [0.3, 0.4) is 0 Å². The molecule has 2 nitrogen and oxygen atoms in total. The zero-order chi connectivity index (χ0) is 11.5. The first-order chi connectivity index (χ1) is 7.72. The molecule has 0 saturated carbocycles. The first kappa shape index (κ1) is 11.6. The van der Waals surface area contributed by atoms with Gasteiger partial charge in [0.1, 0.15) is 0 Å². The highest BCUT2D eigenvalue weighted by Crippen LogP contribution is 2.28. The average molecular weight is 219 g/mol. The van der Waals surface area contributed by atoms with Crippen LogP contribution in [-0.2, 0) is 0 Å². The van der Waals surface area contributed by atoms with Crippen molar-refractivity contribution in [2.24, 2.45) is 5.92 Å². The van der Waals surface area contributed by atoms with Gasteiger partial charge in [0.25, 0.3) is 0 Å². The Kier molecular flexibility index (Phi) is 3.62. The van der Waals surface area contributed by atoms with Crippen LogP contribution in [0.5, 0.6) is 0 Å². The first-order valence-corrected chi connectivity index (χ1v) is 6.13. The molecule has 0 bridgehead atoms. The summed E-state index contributed by atoms with van der Waals surface area (Å²) in [7, 11) is 0. The van der Waals surface area contributed by atoms with Gasteiger partial charge in [-0.2, -0.15) is 0 Å². The minimum absolute atomic E-state index is 0.281. The summed E-state index contributed by atoms with van der Waals surface area (Å²) < 4.78 is 0. The highest BCUT2D eigenvalue weighted by molar-refractivity contribution is 5.28. The molecule has 2 rings (SSSR count). The number of nitrogens with one attached hydrogen (secondary N) is 1. The maximum absolute atomic E-state index is 9.30. The summed E-state index contributed by atoms with van der Waals surface area (Å²) >= 11 is 0. The molecule has 1 fully saturated rings. The molecule has 2 N–H and O–H groups in total. The monoisotopic (exact) mass is 219 g/mol. The molecule has 1 aromatic rings. The number of rotatable bonds is 3. The average Bonchev–Trinajstić information content (AvgIpc) is 2.77. The number of hydrogen-bond acceptors (Lipinski definition) is 2. The van der Waals surface area contributed by atoms with Gasteiger partial charge in [0.05, 0.1) is 0 Å². The summed E-state index contributed by atoms with van der Waals surface area (Å²) in [6.07, 6.45) is 0. The third kappa shape index (κ3) is 2.28. The smallest absolute Gasteiger partial charge is 0.0477 e. The Balaban J connectivity index is 2.15. The summed E-state index contributed by atoms with van der Waals surface area (Å²) in [4.78, 5) is 0. The van der Waals surface area contributed by atoms with Crippen LogP contribution in [0, 0.1) is 5.92 Å². The predicted molar refractivity (Wildman–Crippen MR) is 66.7 cm³/mol. The molecule has 0 aromatic heterocycles. The van der Waals surface area contributed by atoms with Crippen molar-refractivity contribution >= 4 is 0 Å². The minimum Gasteiger partial charge on any atom is -0.396 e. The molecule has 0 aliphatic carbocycles. The largest absolute Gasteiger partial charge is 0.396 e. The third-order valence-electron chi connectivity index (χ3n) is 3.61. The van der Waals surface area contributed by atoms with Crippen molar-refractivity contribution in [3.05, 3.63) is 35.4 Å². The second-order valence-corrected chi connectivity index (χ2v) is 5.03. The molecule has 0 spiro atoms. The SMILES string of the molecule is CC(C)c1ccc([C@H]2CNC[C@@H]2CO)cc1. The van der Waals surface area contributed by atoms with E-state index < -0.39 is 0 Å². The van der Waals surface area contributed by atoms with Crippen molar-refractivity contribution in [1.29, 1.82) is 0 Å². The van der Waals surface area contributed by atoms with Gasteiger partial charge >= 0.3 is 0 Å². The van der Waals surface area contributed by atoms with E-state index in [1.165, 1.54) is 11.1 Å². The fourth-order valence-electron chi connectivity index (χ4n) is 2.44. The molecular formula is C14H21NO. The van der Waals surface area contributed by atoms with Gasteiger partial charge < -0.3 is 10.4 Å². The van der Waals surface area contributed by atoms with Crippen molar-refractivity contribution in [3.63, 3.8) is 0 Å². The lowest BCUT2D eigenvalue weighted by atomic mass is 9.88. The Bertz CT molecular complexity index is 331. The fourth-order valence-corrected chi connectivity index (χ4v) is 2.44. The molecule has 1 heterocycles. The highest BCUT2D eigenvalue weighted by atomic mass is 16.3. The van der Waals surface area contributed by atoms with Crippen LogP contribution in [0.25, 0.3) is 0 Å². The van der Waals surface area contributed by atoms with Crippen LogP contribution in [-0.4, -0.2) is 24.8 Å². The molecule has 1 aliphatic rings. The molecule has 2 atom stereocenters. The Labute approximate surface area is 97.7 Å². The Morgan fingerprint density at radius 1 is 1.25 bits per heavy atom. The number of aliphatic hydroxyl groups excluding tert-OH is 1. The molecule has 0 radical (unpaired) electrons. The Hall–Kier alpha value is -0.860. The van der Waals surface area contributed by atoms with Crippen LogP contribution < -0.4 is 5.32 Å². The van der Waals surface area contributed by atoms with E-state index >= 15 is 0 Å². The van der Waals surface area contributed by atoms with Gasteiger partial charge in [-0.05, 0) is 17.0 Å². The zero-order valence-corrected chi connectivity index (χ0v) is 10.1. The quantitative estimate of drug-likeness (QED) is 0.816. The lowest BCUT2D eigenvalue weighted by molar-refractivity contribution is 0.226. The molecule has 0 amide bonds. The van der Waals surface area contributed by atoms with Gasteiger partial charge in [0.2, 0.25) is 0 Å². The van der Waals surface area contributed by atoms with Gasteiger partial charge in [0, 0.05) is 31.5 Å². The van der Waals surface area contributed by atoms with E-state index in [0.29, 0.717) is 17.8 Å². The van der Waals surface area contributed by atoms with Gasteiger partial charge in [-0.15, -0.1) is 0 Å². The third-order valence-corrected chi connectivity index (χ3v) is 3.61. The maximum atomic E-state index is 9.30. The molecule has 1 saturated heterocycles. The van der Waals surface area contributed by atoms with E-state index in [4.69, 9.17) is 0 Å². The van der Waals surface area contributed by atoms with Crippen LogP contribution >= 0.6 is 0 Å². The normalized spacial score (nSPS) is 25.2. The second kappa shape index (κ2) is 4.98. The lowest BCUT2D eigenvalue weighted by Gasteiger charge is -2.17. The fraction of sp³-hybridized carbons (Fsp3) is 0.571. The second-order valence-electron chi connectivity index (χ2n) is 5.03. The van der Waals surface area contributed by atoms with E-state index in [-0.39, 0.29) is 6.61 Å². The summed E-state index contributed by atoms with van der Waals surface area (Å²) in [6, 6.07) is 8.87. The van der Waals surface area contributed by atoms with Gasteiger partial charge in [-0.25, -0.2) is 0 Å². The standard InChI is InChI=1S/C14H21NO/c1-10(2)11-3-5-12(6-4-11)14-8-15-7-13(14)9-16/h3-6,10,13-16H,7-9H2,1-2H3/t13-,14-/m1/s1. The molecule has 2 heteroatoms. The van der Waals surface area contributed by atoms with Crippen LogP contribution in [0.2, 0.25) is 0 Å². The summed E-state index contributed by atoms with van der Waals surface area (Å²) in [6.45, 7) is 6.63. The van der Waals surface area contributed by atoms with Crippen molar-refractivity contribution in [2.75, 3.05) is 19.7 Å². The van der Waals surface area contributed by atoms with Gasteiger partial charge in [0.15, 0.2) is 0 Å². The van der Waals surface area contributed by atoms with E-state index in [1.54, 1.807) is 0 Å². The summed E-state index contributed by atoms with van der Waals surface area (Å²) in [5, 5.41) is 12.6. The van der Waals surface area contributed by atoms with Gasteiger partial charge in [-0.1, -0.05) is 38.1 Å². The predicted octanol–water partition coefficient (Wildman–Crippen LogP) is 2.11. The molecule has 16 heavy (non-hydrogen) atoms. The molecular weight excluding hydrogens is 198 g/mol. The van der Waals surface area contributed by atoms with Crippen molar-refractivity contribution in [3.8, 4) is 0 Å². The van der Waals surface area contributed by atoms with Gasteiger partial charge in [-0.3, -0.25) is 0 Å². The van der Waals surface area contributed by atoms with E-state index in [0.717, 1.165) is 13.1 Å². The maximum Gasteiger partial charge on any atom is 0.0477 e. The van der Waals surface area contributed by atoms with Crippen LogP contribution in [0.4, 0.5) is 0 Å². The summed E-state index contributed by atoms with van der Waals surface area (Å²) in [5.74, 6) is 1.44. The minimum atomic E-state index is 0.281. The molecule has 1 aliphatic heterocycles. The Morgan fingerprint density at radius 3 is 2.50 bits per heavy atom. The number of hydrogen-bond donors (Lipinski definition) is 2. The lowest BCUT2D eigenvalue weighted by Crippen LogP contribution is -2.14. The van der Waals surface area contributed by atoms with Crippen molar-refractivity contribution < 1.29 is 5.11 Å². The Morgan fingerprint density at radius 2 is 1.94 bits per heavy atom. The van der Waals surface area contributed by atoms with Crippen LogP contribution in [0.15, 0.2) is 24.3 Å². The van der Waals surface area contributed by atoms with Crippen LogP contribution in [0.1, 0.15) is 36.8 Å². The first-order valence-electron chi connectivity index (χ1n) is 6.13. The molecule has 88 valence electrons. The van der Waals surface area contributed by atoms with Crippen molar-refractivity contribution in [1.82, 2.24) is 5.32 Å².